The van der Waals surface area contributed by atoms with Crippen molar-refractivity contribution in [1.29, 1.82) is 0 Å². The second-order valence-corrected chi connectivity index (χ2v) is 6.61. The minimum atomic E-state index is 0.460. The first-order valence-corrected chi connectivity index (χ1v) is 8.81. The lowest BCUT2D eigenvalue weighted by Crippen LogP contribution is -2.00. The van der Waals surface area contributed by atoms with Gasteiger partial charge in [-0.1, -0.05) is 62.4 Å². The van der Waals surface area contributed by atoms with Crippen molar-refractivity contribution in [2.75, 3.05) is 5.32 Å². The first-order chi connectivity index (χ1) is 12.7. The van der Waals surface area contributed by atoms with E-state index in [1.54, 1.807) is 0 Å². The van der Waals surface area contributed by atoms with E-state index >= 15 is 0 Å². The largest absolute Gasteiger partial charge is 0.324 e. The summed E-state index contributed by atoms with van der Waals surface area (Å²) in [6.45, 7) is 4.40. The third-order valence-electron chi connectivity index (χ3n) is 4.41. The van der Waals surface area contributed by atoms with E-state index in [-0.39, 0.29) is 0 Å². The standard InChI is InChI=1S/C23H20N3/c1-16(2)18-13-14-21-20(15-18)22(17-9-5-3-6-10-17)26-23(25-21)24-19-11-7-4-8-12-19/h3,5-16H,1-2H3,(H,24,25,26). The fraction of sp³-hybridized carbons (Fsp3) is 0.130. The molecule has 1 radical (unpaired) electrons. The van der Waals surface area contributed by atoms with Gasteiger partial charge < -0.3 is 5.32 Å². The smallest absolute Gasteiger partial charge is 0.228 e. The topological polar surface area (TPSA) is 37.8 Å². The number of nitrogens with one attached hydrogen (secondary N) is 1. The maximum atomic E-state index is 4.83. The summed E-state index contributed by atoms with van der Waals surface area (Å²) in [5.41, 5.74) is 5.21. The molecule has 26 heavy (non-hydrogen) atoms. The zero-order chi connectivity index (χ0) is 17.9. The molecule has 0 atom stereocenters. The van der Waals surface area contributed by atoms with Crippen LogP contribution in [0.25, 0.3) is 22.2 Å². The predicted octanol–water partition coefficient (Wildman–Crippen LogP) is 5.96. The Morgan fingerprint density at radius 1 is 0.885 bits per heavy atom. The van der Waals surface area contributed by atoms with Gasteiger partial charge in [0.1, 0.15) is 0 Å². The summed E-state index contributed by atoms with van der Waals surface area (Å²) in [7, 11) is 0. The molecule has 1 aromatic heterocycles. The third-order valence-corrected chi connectivity index (χ3v) is 4.41. The number of aromatic nitrogens is 2. The lowest BCUT2D eigenvalue weighted by Gasteiger charge is -2.13. The van der Waals surface area contributed by atoms with E-state index in [1.807, 2.05) is 42.5 Å². The van der Waals surface area contributed by atoms with Crippen LogP contribution < -0.4 is 5.32 Å². The van der Waals surface area contributed by atoms with Gasteiger partial charge in [0.15, 0.2) is 0 Å². The molecule has 0 aliphatic rings. The molecule has 0 amide bonds. The Bertz CT molecular complexity index is 1030. The van der Waals surface area contributed by atoms with Crippen LogP contribution in [0, 0.1) is 6.07 Å². The lowest BCUT2D eigenvalue weighted by molar-refractivity contribution is 0.868. The van der Waals surface area contributed by atoms with Crippen molar-refractivity contribution >= 4 is 22.5 Å². The molecule has 0 aliphatic carbocycles. The number of anilines is 2. The number of benzene rings is 3. The number of fused-ring (bicyclic) bond motifs is 1. The van der Waals surface area contributed by atoms with E-state index in [0.717, 1.165) is 27.8 Å². The number of hydrogen-bond donors (Lipinski definition) is 1. The van der Waals surface area contributed by atoms with Crippen LogP contribution in [0.2, 0.25) is 0 Å². The molecule has 0 unspecified atom stereocenters. The Labute approximate surface area is 153 Å². The zero-order valence-electron chi connectivity index (χ0n) is 14.9. The Kier molecular flexibility index (Phi) is 4.36. The maximum Gasteiger partial charge on any atom is 0.228 e. The molecule has 127 valence electrons. The molecular weight excluding hydrogens is 318 g/mol. The molecule has 4 aromatic rings. The average Bonchev–Trinajstić information content (AvgIpc) is 2.68. The normalized spacial score (nSPS) is 11.0. The first-order valence-electron chi connectivity index (χ1n) is 8.81. The minimum Gasteiger partial charge on any atom is -0.324 e. The Morgan fingerprint density at radius 3 is 2.38 bits per heavy atom. The van der Waals surface area contributed by atoms with Crippen molar-refractivity contribution in [3.8, 4) is 11.3 Å². The van der Waals surface area contributed by atoms with Crippen LogP contribution in [0.15, 0.2) is 72.8 Å². The summed E-state index contributed by atoms with van der Waals surface area (Å²) in [5, 5.41) is 4.38. The van der Waals surface area contributed by atoms with Gasteiger partial charge in [-0.2, -0.15) is 0 Å². The van der Waals surface area contributed by atoms with Gasteiger partial charge in [-0.3, -0.25) is 0 Å². The van der Waals surface area contributed by atoms with E-state index in [0.29, 0.717) is 11.9 Å². The maximum absolute atomic E-state index is 4.83. The summed E-state index contributed by atoms with van der Waals surface area (Å²) < 4.78 is 0. The quantitative estimate of drug-likeness (QED) is 0.498. The van der Waals surface area contributed by atoms with Gasteiger partial charge in [-0.25, -0.2) is 9.97 Å². The second-order valence-electron chi connectivity index (χ2n) is 6.61. The van der Waals surface area contributed by atoms with Crippen LogP contribution in [-0.2, 0) is 0 Å². The summed E-state index contributed by atoms with van der Waals surface area (Å²) in [6.07, 6.45) is 0. The van der Waals surface area contributed by atoms with Crippen molar-refractivity contribution in [3.05, 3.63) is 84.4 Å². The molecule has 0 spiro atoms. The Balaban J connectivity index is 1.89. The molecule has 0 aliphatic heterocycles. The molecule has 0 fully saturated rings. The van der Waals surface area contributed by atoms with E-state index < -0.39 is 0 Å². The molecule has 4 rings (SSSR count). The molecule has 1 heterocycles. The first kappa shape index (κ1) is 16.3. The second kappa shape index (κ2) is 6.96. The average molecular weight is 338 g/mol. The van der Waals surface area contributed by atoms with Crippen molar-refractivity contribution in [2.45, 2.75) is 19.8 Å². The monoisotopic (exact) mass is 338 g/mol. The molecule has 1 N–H and O–H groups in total. The van der Waals surface area contributed by atoms with E-state index in [2.05, 4.69) is 55.6 Å². The molecular formula is C23H20N3. The van der Waals surface area contributed by atoms with Crippen LogP contribution in [0.3, 0.4) is 0 Å². The summed E-state index contributed by atoms with van der Waals surface area (Å²) in [4.78, 5) is 9.56. The van der Waals surface area contributed by atoms with Crippen molar-refractivity contribution in [1.82, 2.24) is 9.97 Å². The predicted molar refractivity (Wildman–Crippen MR) is 108 cm³/mol. The fourth-order valence-corrected chi connectivity index (χ4v) is 2.98. The highest BCUT2D eigenvalue weighted by atomic mass is 15.1. The Hall–Kier alpha value is -3.20. The molecule has 3 heteroatoms. The minimum absolute atomic E-state index is 0.460. The molecule has 3 aromatic carbocycles. The number of nitrogens with zero attached hydrogens (tertiary/aromatic N) is 2. The third kappa shape index (κ3) is 3.29. The Morgan fingerprint density at radius 2 is 1.65 bits per heavy atom. The van der Waals surface area contributed by atoms with Gasteiger partial charge in [0.25, 0.3) is 0 Å². The molecule has 0 saturated carbocycles. The highest BCUT2D eigenvalue weighted by Crippen LogP contribution is 2.30. The van der Waals surface area contributed by atoms with E-state index in [4.69, 9.17) is 9.97 Å². The van der Waals surface area contributed by atoms with Crippen molar-refractivity contribution in [3.63, 3.8) is 0 Å². The van der Waals surface area contributed by atoms with Gasteiger partial charge in [0.2, 0.25) is 5.95 Å². The zero-order valence-corrected chi connectivity index (χ0v) is 14.9. The SMILES string of the molecule is CC(C)c1ccc2nc(Nc3cc[c]cc3)nc(-c3ccccc3)c2c1. The van der Waals surface area contributed by atoms with Crippen LogP contribution in [0.1, 0.15) is 25.3 Å². The van der Waals surface area contributed by atoms with Crippen LogP contribution in [0.5, 0.6) is 0 Å². The van der Waals surface area contributed by atoms with Gasteiger partial charge in [0, 0.05) is 16.6 Å². The lowest BCUT2D eigenvalue weighted by atomic mass is 9.99. The number of rotatable bonds is 4. The highest BCUT2D eigenvalue weighted by Gasteiger charge is 2.12. The van der Waals surface area contributed by atoms with Crippen molar-refractivity contribution < 1.29 is 0 Å². The van der Waals surface area contributed by atoms with E-state index in [9.17, 15) is 0 Å². The highest BCUT2D eigenvalue weighted by molar-refractivity contribution is 5.93. The summed E-state index contributed by atoms with van der Waals surface area (Å²) in [5.74, 6) is 1.06. The van der Waals surface area contributed by atoms with Gasteiger partial charge in [-0.15, -0.1) is 0 Å². The van der Waals surface area contributed by atoms with Crippen LogP contribution >= 0.6 is 0 Å². The fourth-order valence-electron chi connectivity index (χ4n) is 2.98. The van der Waals surface area contributed by atoms with Crippen LogP contribution in [-0.4, -0.2) is 9.97 Å². The van der Waals surface area contributed by atoms with E-state index in [1.165, 1.54) is 5.56 Å². The molecule has 3 nitrogen and oxygen atoms in total. The van der Waals surface area contributed by atoms with Gasteiger partial charge in [0.05, 0.1) is 11.2 Å². The molecule has 0 bridgehead atoms. The molecule has 0 saturated heterocycles. The summed E-state index contributed by atoms with van der Waals surface area (Å²) >= 11 is 0. The number of hydrogen-bond acceptors (Lipinski definition) is 3. The van der Waals surface area contributed by atoms with Crippen molar-refractivity contribution in [2.24, 2.45) is 0 Å². The van der Waals surface area contributed by atoms with Crippen LogP contribution in [0.4, 0.5) is 11.6 Å². The van der Waals surface area contributed by atoms with Gasteiger partial charge >= 0.3 is 0 Å². The van der Waals surface area contributed by atoms with Gasteiger partial charge in [-0.05, 0) is 41.8 Å². The summed E-state index contributed by atoms with van der Waals surface area (Å²) in [6, 6.07) is 27.4.